The number of carbonyl (C=O) groups is 2. The van der Waals surface area contributed by atoms with Crippen molar-refractivity contribution in [2.75, 3.05) is 7.11 Å². The monoisotopic (exact) mass is 381 g/mol. The van der Waals surface area contributed by atoms with E-state index in [0.717, 1.165) is 5.56 Å². The number of aromatic nitrogens is 2. The summed E-state index contributed by atoms with van der Waals surface area (Å²) in [6.07, 6.45) is 1.49. The van der Waals surface area contributed by atoms with Gasteiger partial charge in [-0.25, -0.2) is 9.78 Å². The number of para-hydroxylation sites is 1. The van der Waals surface area contributed by atoms with Crippen LogP contribution in [0, 0.1) is 0 Å². The second-order valence-electron chi connectivity index (χ2n) is 6.21. The Bertz CT molecular complexity index is 1060. The molecular weight excluding hydrogens is 362 g/mol. The van der Waals surface area contributed by atoms with Crippen LogP contribution in [0.3, 0.4) is 0 Å². The second-order valence-corrected chi connectivity index (χ2v) is 6.21. The van der Waals surface area contributed by atoms with Gasteiger partial charge in [0, 0.05) is 6.42 Å². The van der Waals surface area contributed by atoms with Gasteiger partial charge in [-0.2, -0.15) is 0 Å². The van der Waals surface area contributed by atoms with Crippen LogP contribution in [-0.4, -0.2) is 39.7 Å². The third-order valence-corrected chi connectivity index (χ3v) is 4.24. The number of phenolic OH excluding ortho intramolecular Hbond substituents is 1. The molecule has 1 amide bonds. The fraction of sp³-hybridized carbons (Fsp3) is 0.200. The summed E-state index contributed by atoms with van der Waals surface area (Å²) in [4.78, 5) is 41.1. The van der Waals surface area contributed by atoms with E-state index in [2.05, 4.69) is 10.3 Å². The number of ether oxygens (including phenoxy) is 1. The lowest BCUT2D eigenvalue weighted by Crippen LogP contribution is -2.45. The first-order chi connectivity index (χ1) is 13.5. The van der Waals surface area contributed by atoms with Crippen molar-refractivity contribution in [2.24, 2.45) is 0 Å². The minimum absolute atomic E-state index is 0.102. The molecule has 2 N–H and O–H groups in total. The van der Waals surface area contributed by atoms with Crippen molar-refractivity contribution in [3.63, 3.8) is 0 Å². The highest BCUT2D eigenvalue weighted by Crippen LogP contribution is 2.12. The van der Waals surface area contributed by atoms with Crippen molar-refractivity contribution in [3.05, 3.63) is 70.8 Å². The Hall–Kier alpha value is -3.68. The van der Waals surface area contributed by atoms with Gasteiger partial charge in [0.2, 0.25) is 5.91 Å². The summed E-state index contributed by atoms with van der Waals surface area (Å²) in [5.74, 6) is -1.02. The summed E-state index contributed by atoms with van der Waals surface area (Å²) in [7, 11) is 1.23. The predicted molar refractivity (Wildman–Crippen MR) is 102 cm³/mol. The molecule has 0 bridgehead atoms. The molecule has 8 heteroatoms. The number of esters is 1. The van der Waals surface area contributed by atoms with E-state index in [1.807, 2.05) is 0 Å². The van der Waals surface area contributed by atoms with Crippen LogP contribution < -0.4 is 10.9 Å². The molecule has 3 rings (SSSR count). The molecule has 0 unspecified atom stereocenters. The molecule has 0 saturated heterocycles. The SMILES string of the molecule is COC(=O)[C@H](Cc1ccc(O)cc1)NC(=O)Cn1cnc2ccccc2c1=O. The van der Waals surface area contributed by atoms with Gasteiger partial charge in [0.25, 0.3) is 5.56 Å². The van der Waals surface area contributed by atoms with Crippen molar-refractivity contribution in [1.82, 2.24) is 14.9 Å². The molecule has 0 saturated carbocycles. The van der Waals surface area contributed by atoms with E-state index >= 15 is 0 Å². The van der Waals surface area contributed by atoms with Gasteiger partial charge < -0.3 is 15.2 Å². The highest BCUT2D eigenvalue weighted by Gasteiger charge is 2.22. The molecular formula is C20H19N3O5. The van der Waals surface area contributed by atoms with Gasteiger partial charge in [-0.05, 0) is 29.8 Å². The first-order valence-electron chi connectivity index (χ1n) is 8.57. The number of hydrogen-bond donors (Lipinski definition) is 2. The van der Waals surface area contributed by atoms with E-state index in [1.54, 1.807) is 36.4 Å². The Labute approximate surface area is 160 Å². The molecule has 0 aliphatic carbocycles. The van der Waals surface area contributed by atoms with Crippen molar-refractivity contribution in [2.45, 2.75) is 19.0 Å². The number of phenols is 1. The van der Waals surface area contributed by atoms with Gasteiger partial charge in [0.15, 0.2) is 0 Å². The number of rotatable bonds is 6. The quantitative estimate of drug-likeness (QED) is 0.617. The Kier molecular flexibility index (Phi) is 5.69. The van der Waals surface area contributed by atoms with Gasteiger partial charge in [0.1, 0.15) is 18.3 Å². The van der Waals surface area contributed by atoms with E-state index in [4.69, 9.17) is 4.74 Å². The van der Waals surface area contributed by atoms with E-state index in [0.29, 0.717) is 10.9 Å². The van der Waals surface area contributed by atoms with E-state index in [1.165, 1.54) is 30.1 Å². The largest absolute Gasteiger partial charge is 0.508 e. The van der Waals surface area contributed by atoms with Crippen molar-refractivity contribution in [3.8, 4) is 5.75 Å². The van der Waals surface area contributed by atoms with Crippen LogP contribution in [0.15, 0.2) is 59.7 Å². The summed E-state index contributed by atoms with van der Waals surface area (Å²) < 4.78 is 5.94. The highest BCUT2D eigenvalue weighted by atomic mass is 16.5. The minimum Gasteiger partial charge on any atom is -0.508 e. The van der Waals surface area contributed by atoms with Crippen LogP contribution in [-0.2, 0) is 27.3 Å². The van der Waals surface area contributed by atoms with Crippen LogP contribution in [0.4, 0.5) is 0 Å². The molecule has 1 atom stereocenters. The summed E-state index contributed by atoms with van der Waals surface area (Å²) in [6, 6.07) is 12.2. The maximum atomic E-state index is 12.5. The lowest BCUT2D eigenvalue weighted by atomic mass is 10.1. The number of benzene rings is 2. The summed E-state index contributed by atoms with van der Waals surface area (Å²) in [5.41, 5.74) is 0.941. The Balaban J connectivity index is 1.75. The Morgan fingerprint density at radius 2 is 1.89 bits per heavy atom. The predicted octanol–water partition coefficient (Wildman–Crippen LogP) is 1.00. The maximum absolute atomic E-state index is 12.5. The summed E-state index contributed by atoms with van der Waals surface area (Å²) in [6.45, 7) is -0.278. The van der Waals surface area contributed by atoms with Gasteiger partial charge in [0.05, 0.1) is 24.3 Å². The summed E-state index contributed by atoms with van der Waals surface area (Å²) in [5, 5.41) is 12.4. The van der Waals surface area contributed by atoms with Crippen LogP contribution in [0.2, 0.25) is 0 Å². The van der Waals surface area contributed by atoms with Crippen LogP contribution >= 0.6 is 0 Å². The standard InChI is InChI=1S/C20H19N3O5/c1-28-20(27)17(10-13-6-8-14(24)9-7-13)22-18(25)11-23-12-21-16-5-3-2-4-15(16)19(23)26/h2-9,12,17,24H,10-11H2,1H3,(H,22,25)/t17-/m0/s1. The van der Waals surface area contributed by atoms with Gasteiger partial charge in [-0.3, -0.25) is 14.2 Å². The molecule has 2 aromatic carbocycles. The van der Waals surface area contributed by atoms with Gasteiger partial charge in [-0.1, -0.05) is 24.3 Å². The lowest BCUT2D eigenvalue weighted by Gasteiger charge is -2.17. The maximum Gasteiger partial charge on any atom is 0.328 e. The molecule has 3 aromatic rings. The van der Waals surface area contributed by atoms with Gasteiger partial charge in [-0.15, -0.1) is 0 Å². The Morgan fingerprint density at radius 1 is 1.18 bits per heavy atom. The fourth-order valence-corrected chi connectivity index (χ4v) is 2.82. The lowest BCUT2D eigenvalue weighted by molar-refractivity contribution is -0.145. The molecule has 0 spiro atoms. The van der Waals surface area contributed by atoms with E-state index in [-0.39, 0.29) is 24.3 Å². The highest BCUT2D eigenvalue weighted by molar-refractivity contribution is 5.85. The van der Waals surface area contributed by atoms with Gasteiger partial charge >= 0.3 is 5.97 Å². The molecule has 0 aliphatic rings. The van der Waals surface area contributed by atoms with Crippen molar-refractivity contribution >= 4 is 22.8 Å². The summed E-state index contributed by atoms with van der Waals surface area (Å²) >= 11 is 0. The third kappa shape index (κ3) is 4.35. The number of amides is 1. The Morgan fingerprint density at radius 3 is 2.61 bits per heavy atom. The first-order valence-corrected chi connectivity index (χ1v) is 8.57. The first kappa shape index (κ1) is 19.1. The number of aromatic hydroxyl groups is 1. The molecule has 0 fully saturated rings. The molecule has 0 radical (unpaired) electrons. The zero-order valence-electron chi connectivity index (χ0n) is 15.2. The van der Waals surface area contributed by atoms with Crippen LogP contribution in [0.1, 0.15) is 5.56 Å². The molecule has 28 heavy (non-hydrogen) atoms. The molecule has 1 heterocycles. The zero-order valence-corrected chi connectivity index (χ0v) is 15.2. The van der Waals surface area contributed by atoms with E-state index < -0.39 is 17.9 Å². The number of hydrogen-bond acceptors (Lipinski definition) is 6. The number of methoxy groups -OCH3 is 1. The number of nitrogens with one attached hydrogen (secondary N) is 1. The fourth-order valence-electron chi connectivity index (χ4n) is 2.82. The third-order valence-electron chi connectivity index (χ3n) is 4.24. The second kappa shape index (κ2) is 8.34. The number of nitrogens with zero attached hydrogens (tertiary/aromatic N) is 2. The average Bonchev–Trinajstić information content (AvgIpc) is 2.71. The molecule has 0 aliphatic heterocycles. The van der Waals surface area contributed by atoms with Crippen molar-refractivity contribution < 1.29 is 19.4 Å². The smallest absolute Gasteiger partial charge is 0.328 e. The van der Waals surface area contributed by atoms with Crippen LogP contribution in [0.5, 0.6) is 5.75 Å². The normalized spacial score (nSPS) is 11.8. The average molecular weight is 381 g/mol. The van der Waals surface area contributed by atoms with Crippen LogP contribution in [0.25, 0.3) is 10.9 Å². The molecule has 1 aromatic heterocycles. The molecule has 8 nitrogen and oxygen atoms in total. The number of fused-ring (bicyclic) bond motifs is 1. The van der Waals surface area contributed by atoms with Crippen molar-refractivity contribution in [1.29, 1.82) is 0 Å². The zero-order chi connectivity index (χ0) is 20.1. The number of carbonyl (C=O) groups excluding carboxylic acids is 2. The minimum atomic E-state index is -0.925. The molecule has 144 valence electrons. The topological polar surface area (TPSA) is 111 Å². The van der Waals surface area contributed by atoms with E-state index in [9.17, 15) is 19.5 Å².